The van der Waals surface area contributed by atoms with E-state index in [2.05, 4.69) is 25.8 Å². The zero-order chi connectivity index (χ0) is 8.53. The second kappa shape index (κ2) is 7.77. The maximum absolute atomic E-state index is 4.34. The van der Waals surface area contributed by atoms with Crippen molar-refractivity contribution in [1.82, 2.24) is 0 Å². The Kier molecular flexibility index (Phi) is 7.54. The van der Waals surface area contributed by atoms with E-state index in [1.54, 1.807) is 0 Å². The van der Waals surface area contributed by atoms with Crippen LogP contribution in [0.15, 0.2) is 4.99 Å². The van der Waals surface area contributed by atoms with Gasteiger partial charge in [0.1, 0.15) is 0 Å². The molecule has 0 saturated carbocycles. The summed E-state index contributed by atoms with van der Waals surface area (Å²) in [6.45, 7) is 7.40. The van der Waals surface area contributed by atoms with E-state index in [9.17, 15) is 0 Å². The molecule has 1 heteroatoms. The normalized spacial score (nSPS) is 9.73. The fourth-order valence-corrected chi connectivity index (χ4v) is 1.02. The SMILES string of the molecule is CCCCCCCN=C(C)C. The molecule has 0 aromatic carbocycles. The third kappa shape index (κ3) is 9.67. The molecule has 0 atom stereocenters. The van der Waals surface area contributed by atoms with Gasteiger partial charge in [-0.3, -0.25) is 4.99 Å². The highest BCUT2D eigenvalue weighted by Crippen LogP contribution is 2.02. The van der Waals surface area contributed by atoms with Gasteiger partial charge >= 0.3 is 0 Å². The molecule has 11 heavy (non-hydrogen) atoms. The van der Waals surface area contributed by atoms with Crippen molar-refractivity contribution >= 4 is 5.71 Å². The highest BCUT2D eigenvalue weighted by molar-refractivity contribution is 5.78. The second-order valence-electron chi connectivity index (χ2n) is 3.24. The van der Waals surface area contributed by atoms with Crippen LogP contribution in [0.25, 0.3) is 0 Å². The van der Waals surface area contributed by atoms with Crippen molar-refractivity contribution < 1.29 is 0 Å². The lowest BCUT2D eigenvalue weighted by Crippen LogP contribution is -1.87. The largest absolute Gasteiger partial charge is 0.295 e. The Bertz CT molecular complexity index is 101. The molecule has 0 aliphatic rings. The van der Waals surface area contributed by atoms with Gasteiger partial charge in [-0.1, -0.05) is 32.6 Å². The van der Waals surface area contributed by atoms with E-state index in [0.717, 1.165) is 6.54 Å². The minimum atomic E-state index is 1.03. The summed E-state index contributed by atoms with van der Waals surface area (Å²) in [6, 6.07) is 0. The van der Waals surface area contributed by atoms with Crippen LogP contribution in [0, 0.1) is 0 Å². The van der Waals surface area contributed by atoms with Crippen molar-refractivity contribution in [2.45, 2.75) is 52.9 Å². The number of hydrogen-bond donors (Lipinski definition) is 0. The smallest absolute Gasteiger partial charge is 0.0388 e. The van der Waals surface area contributed by atoms with Crippen LogP contribution in [-0.4, -0.2) is 12.3 Å². The van der Waals surface area contributed by atoms with Crippen LogP contribution in [0.2, 0.25) is 0 Å². The highest BCUT2D eigenvalue weighted by atomic mass is 14.7. The Morgan fingerprint density at radius 3 is 2.18 bits per heavy atom. The van der Waals surface area contributed by atoms with Gasteiger partial charge in [0, 0.05) is 12.3 Å². The average molecular weight is 155 g/mol. The quantitative estimate of drug-likeness (QED) is 0.411. The zero-order valence-electron chi connectivity index (χ0n) is 8.19. The third-order valence-corrected chi connectivity index (χ3v) is 1.69. The summed E-state index contributed by atoms with van der Waals surface area (Å²) < 4.78 is 0. The van der Waals surface area contributed by atoms with Crippen LogP contribution in [0.5, 0.6) is 0 Å². The molecule has 0 aliphatic heterocycles. The molecule has 0 bridgehead atoms. The predicted octanol–water partition coefficient (Wildman–Crippen LogP) is 3.44. The third-order valence-electron chi connectivity index (χ3n) is 1.69. The van der Waals surface area contributed by atoms with Crippen LogP contribution in [0.1, 0.15) is 52.9 Å². The molecule has 0 radical (unpaired) electrons. The van der Waals surface area contributed by atoms with Gasteiger partial charge < -0.3 is 0 Å². The molecule has 0 aliphatic carbocycles. The minimum absolute atomic E-state index is 1.03. The van der Waals surface area contributed by atoms with Gasteiger partial charge in [0.2, 0.25) is 0 Å². The van der Waals surface area contributed by atoms with E-state index < -0.39 is 0 Å². The number of nitrogens with zero attached hydrogens (tertiary/aromatic N) is 1. The van der Waals surface area contributed by atoms with Gasteiger partial charge in [-0.15, -0.1) is 0 Å². The van der Waals surface area contributed by atoms with Crippen molar-refractivity contribution in [3.63, 3.8) is 0 Å². The fourth-order valence-electron chi connectivity index (χ4n) is 1.02. The molecule has 1 nitrogen and oxygen atoms in total. The molecule has 0 rings (SSSR count). The summed E-state index contributed by atoms with van der Waals surface area (Å²) in [4.78, 5) is 4.34. The number of unbranched alkanes of at least 4 members (excludes halogenated alkanes) is 4. The minimum Gasteiger partial charge on any atom is -0.295 e. The summed E-state index contributed by atoms with van der Waals surface area (Å²) in [5, 5.41) is 0. The molecule has 0 spiro atoms. The number of aliphatic imine (C=N–C) groups is 1. The topological polar surface area (TPSA) is 12.4 Å². The standard InChI is InChI=1S/C10H21N/c1-4-5-6-7-8-9-11-10(2)3/h4-9H2,1-3H3. The van der Waals surface area contributed by atoms with Gasteiger partial charge in [0.15, 0.2) is 0 Å². The van der Waals surface area contributed by atoms with Gasteiger partial charge in [0.05, 0.1) is 0 Å². The first kappa shape index (κ1) is 10.7. The Morgan fingerprint density at radius 1 is 1.00 bits per heavy atom. The molecule has 0 amide bonds. The first-order valence-corrected chi connectivity index (χ1v) is 4.75. The first-order chi connectivity index (χ1) is 5.27. The van der Waals surface area contributed by atoms with E-state index in [4.69, 9.17) is 0 Å². The van der Waals surface area contributed by atoms with E-state index in [1.807, 2.05) is 0 Å². The van der Waals surface area contributed by atoms with Crippen molar-refractivity contribution in [3.8, 4) is 0 Å². The summed E-state index contributed by atoms with van der Waals surface area (Å²) in [6.07, 6.45) is 6.72. The van der Waals surface area contributed by atoms with Crippen molar-refractivity contribution in [2.75, 3.05) is 6.54 Å². The summed E-state index contributed by atoms with van der Waals surface area (Å²) in [5.41, 5.74) is 1.21. The van der Waals surface area contributed by atoms with Gasteiger partial charge in [0.25, 0.3) is 0 Å². The van der Waals surface area contributed by atoms with E-state index in [0.29, 0.717) is 0 Å². The van der Waals surface area contributed by atoms with Crippen molar-refractivity contribution in [2.24, 2.45) is 4.99 Å². The molecule has 0 saturated heterocycles. The van der Waals surface area contributed by atoms with Gasteiger partial charge in [-0.2, -0.15) is 0 Å². The molecule has 0 aromatic heterocycles. The van der Waals surface area contributed by atoms with Gasteiger partial charge in [-0.25, -0.2) is 0 Å². The first-order valence-electron chi connectivity index (χ1n) is 4.75. The Morgan fingerprint density at radius 2 is 1.64 bits per heavy atom. The maximum atomic E-state index is 4.34. The lowest BCUT2D eigenvalue weighted by molar-refractivity contribution is 0.638. The average Bonchev–Trinajstić information content (AvgIpc) is 1.96. The zero-order valence-corrected chi connectivity index (χ0v) is 8.19. The molecular formula is C10H21N. The predicted molar refractivity (Wildman–Crippen MR) is 52.4 cm³/mol. The number of rotatable bonds is 6. The lowest BCUT2D eigenvalue weighted by atomic mass is 10.1. The Labute approximate surface area is 70.9 Å². The van der Waals surface area contributed by atoms with Crippen LogP contribution in [0.3, 0.4) is 0 Å². The molecule has 0 fully saturated rings. The van der Waals surface area contributed by atoms with Crippen LogP contribution < -0.4 is 0 Å². The van der Waals surface area contributed by atoms with E-state index in [1.165, 1.54) is 37.8 Å². The van der Waals surface area contributed by atoms with E-state index in [-0.39, 0.29) is 0 Å². The Balaban J connectivity index is 2.97. The van der Waals surface area contributed by atoms with Crippen LogP contribution >= 0.6 is 0 Å². The van der Waals surface area contributed by atoms with Crippen LogP contribution in [0.4, 0.5) is 0 Å². The van der Waals surface area contributed by atoms with Crippen molar-refractivity contribution in [3.05, 3.63) is 0 Å². The summed E-state index contributed by atoms with van der Waals surface area (Å²) in [7, 11) is 0. The van der Waals surface area contributed by atoms with Crippen molar-refractivity contribution in [1.29, 1.82) is 0 Å². The molecule has 0 unspecified atom stereocenters. The summed E-state index contributed by atoms with van der Waals surface area (Å²) >= 11 is 0. The van der Waals surface area contributed by atoms with Crippen LogP contribution in [-0.2, 0) is 0 Å². The lowest BCUT2D eigenvalue weighted by Gasteiger charge is -1.96. The maximum Gasteiger partial charge on any atom is 0.0388 e. The molecule has 66 valence electrons. The Hall–Kier alpha value is -0.330. The highest BCUT2D eigenvalue weighted by Gasteiger charge is 1.86. The fraction of sp³-hybridized carbons (Fsp3) is 0.900. The van der Waals surface area contributed by atoms with E-state index >= 15 is 0 Å². The monoisotopic (exact) mass is 155 g/mol. The number of hydrogen-bond acceptors (Lipinski definition) is 1. The molecular weight excluding hydrogens is 134 g/mol. The van der Waals surface area contributed by atoms with Gasteiger partial charge in [-0.05, 0) is 20.3 Å². The molecule has 0 aromatic rings. The molecule has 0 N–H and O–H groups in total. The second-order valence-corrected chi connectivity index (χ2v) is 3.24. The summed E-state index contributed by atoms with van der Waals surface area (Å²) in [5.74, 6) is 0. The molecule has 0 heterocycles.